The van der Waals surface area contributed by atoms with Gasteiger partial charge in [-0.15, -0.1) is 0 Å². The first-order valence-corrected chi connectivity index (χ1v) is 8.76. The zero-order valence-corrected chi connectivity index (χ0v) is 16.3. The molecule has 0 bridgehead atoms. The predicted molar refractivity (Wildman–Crippen MR) is 101 cm³/mol. The van der Waals surface area contributed by atoms with E-state index in [-0.39, 0.29) is 18.9 Å². The van der Waals surface area contributed by atoms with E-state index < -0.39 is 0 Å². The van der Waals surface area contributed by atoms with Gasteiger partial charge in [0.25, 0.3) is 0 Å². The fraction of sp³-hybridized carbons (Fsp3) is 0.278. The number of carbonyl (C=O) groups is 1. The number of rotatable bonds is 8. The summed E-state index contributed by atoms with van der Waals surface area (Å²) >= 11 is 9.43. The normalized spacial score (nSPS) is 10.2. The van der Waals surface area contributed by atoms with Gasteiger partial charge in [0.2, 0.25) is 5.91 Å². The van der Waals surface area contributed by atoms with E-state index in [1.807, 2.05) is 24.3 Å². The molecule has 0 unspecified atom stereocenters. The van der Waals surface area contributed by atoms with E-state index in [1.54, 1.807) is 26.4 Å². The Kier molecular flexibility index (Phi) is 7.40. The highest BCUT2D eigenvalue weighted by atomic mass is 79.9. The zero-order chi connectivity index (χ0) is 18.2. The Bertz CT molecular complexity index is 739. The summed E-state index contributed by atoms with van der Waals surface area (Å²) in [5.74, 6) is 1.67. The Morgan fingerprint density at radius 1 is 1.16 bits per heavy atom. The number of carbonyl (C=O) groups excluding carboxylic acids is 1. The Morgan fingerprint density at radius 2 is 1.92 bits per heavy atom. The van der Waals surface area contributed by atoms with Crippen LogP contribution in [0, 0.1) is 0 Å². The van der Waals surface area contributed by atoms with Crippen LogP contribution in [0.2, 0.25) is 5.02 Å². The Balaban J connectivity index is 1.84. The molecule has 0 aliphatic heterocycles. The second kappa shape index (κ2) is 9.53. The van der Waals surface area contributed by atoms with Crippen molar-refractivity contribution in [2.75, 3.05) is 20.8 Å². The van der Waals surface area contributed by atoms with Crippen molar-refractivity contribution in [1.29, 1.82) is 0 Å². The summed E-state index contributed by atoms with van der Waals surface area (Å²) in [6.45, 7) is 0.634. The molecule has 0 saturated carbocycles. The molecule has 0 atom stereocenters. The second-order valence-electron chi connectivity index (χ2n) is 5.12. The van der Waals surface area contributed by atoms with Gasteiger partial charge >= 0.3 is 0 Å². The number of hydrogen-bond acceptors (Lipinski definition) is 4. The standard InChI is InChI=1S/C18H19BrClNO4/c1-23-16-10-12(9-13(19)18(16)24-2)11-21-17(22)7-8-25-15-6-4-3-5-14(15)20/h3-6,9-10H,7-8,11H2,1-2H3,(H,21,22). The molecule has 2 rings (SSSR count). The molecule has 0 heterocycles. The summed E-state index contributed by atoms with van der Waals surface area (Å²) in [5, 5.41) is 3.37. The van der Waals surface area contributed by atoms with Gasteiger partial charge in [-0.25, -0.2) is 0 Å². The molecular weight excluding hydrogens is 410 g/mol. The van der Waals surface area contributed by atoms with E-state index >= 15 is 0 Å². The first kappa shape index (κ1) is 19.4. The van der Waals surface area contributed by atoms with Crippen LogP contribution >= 0.6 is 27.5 Å². The van der Waals surface area contributed by atoms with E-state index in [2.05, 4.69) is 21.2 Å². The molecule has 1 amide bonds. The molecule has 0 aliphatic rings. The van der Waals surface area contributed by atoms with E-state index in [1.165, 1.54) is 0 Å². The van der Waals surface area contributed by atoms with Crippen LogP contribution in [0.1, 0.15) is 12.0 Å². The average molecular weight is 429 g/mol. The maximum atomic E-state index is 12.0. The van der Waals surface area contributed by atoms with Crippen LogP contribution in [0.25, 0.3) is 0 Å². The highest BCUT2D eigenvalue weighted by Crippen LogP contribution is 2.36. The van der Waals surface area contributed by atoms with Crippen molar-refractivity contribution in [1.82, 2.24) is 5.32 Å². The Hall–Kier alpha value is -1.92. The molecule has 0 radical (unpaired) electrons. The minimum absolute atomic E-state index is 0.113. The molecule has 1 N–H and O–H groups in total. The van der Waals surface area contributed by atoms with Crippen molar-refractivity contribution in [2.45, 2.75) is 13.0 Å². The van der Waals surface area contributed by atoms with E-state index in [0.717, 1.165) is 10.0 Å². The van der Waals surface area contributed by atoms with Crippen LogP contribution in [-0.4, -0.2) is 26.7 Å². The fourth-order valence-electron chi connectivity index (χ4n) is 2.18. The van der Waals surface area contributed by atoms with Gasteiger partial charge in [0.05, 0.1) is 36.7 Å². The molecular formula is C18H19BrClNO4. The van der Waals surface area contributed by atoms with Crippen LogP contribution in [0.15, 0.2) is 40.9 Å². The summed E-state index contributed by atoms with van der Waals surface area (Å²) < 4.78 is 16.8. The van der Waals surface area contributed by atoms with Gasteiger partial charge in [0.1, 0.15) is 5.75 Å². The number of para-hydroxylation sites is 1. The van der Waals surface area contributed by atoms with Crippen molar-refractivity contribution in [3.05, 3.63) is 51.5 Å². The fourth-order valence-corrected chi connectivity index (χ4v) is 3.02. The number of benzene rings is 2. The molecule has 7 heteroatoms. The van der Waals surface area contributed by atoms with Crippen molar-refractivity contribution in [3.63, 3.8) is 0 Å². The smallest absolute Gasteiger partial charge is 0.223 e. The lowest BCUT2D eigenvalue weighted by Gasteiger charge is -2.13. The second-order valence-corrected chi connectivity index (χ2v) is 6.38. The maximum absolute atomic E-state index is 12.0. The summed E-state index contributed by atoms with van der Waals surface area (Å²) in [4.78, 5) is 12.0. The number of methoxy groups -OCH3 is 2. The van der Waals surface area contributed by atoms with Crippen LogP contribution in [0.3, 0.4) is 0 Å². The molecule has 25 heavy (non-hydrogen) atoms. The lowest BCUT2D eigenvalue weighted by Crippen LogP contribution is -2.24. The number of nitrogens with one attached hydrogen (secondary N) is 1. The molecule has 0 aromatic heterocycles. The highest BCUT2D eigenvalue weighted by molar-refractivity contribution is 9.10. The van der Waals surface area contributed by atoms with Gasteiger partial charge in [0, 0.05) is 6.54 Å². The van der Waals surface area contributed by atoms with Gasteiger partial charge < -0.3 is 19.5 Å². The van der Waals surface area contributed by atoms with Crippen molar-refractivity contribution in [2.24, 2.45) is 0 Å². The predicted octanol–water partition coefficient (Wildman–Crippen LogP) is 4.21. The summed E-state index contributed by atoms with van der Waals surface area (Å²) in [6.07, 6.45) is 0.236. The largest absolute Gasteiger partial charge is 0.493 e. The lowest BCUT2D eigenvalue weighted by molar-refractivity contribution is -0.121. The van der Waals surface area contributed by atoms with Crippen molar-refractivity contribution < 1.29 is 19.0 Å². The van der Waals surface area contributed by atoms with Gasteiger partial charge in [-0.1, -0.05) is 23.7 Å². The summed E-state index contributed by atoms with van der Waals surface area (Å²) in [5.41, 5.74) is 0.893. The molecule has 0 saturated heterocycles. The Labute approximate surface area is 160 Å². The monoisotopic (exact) mass is 427 g/mol. The van der Waals surface area contributed by atoms with Gasteiger partial charge in [-0.2, -0.15) is 0 Å². The summed E-state index contributed by atoms with van der Waals surface area (Å²) in [6, 6.07) is 10.9. The third kappa shape index (κ3) is 5.54. The van der Waals surface area contributed by atoms with Gasteiger partial charge in [-0.3, -0.25) is 4.79 Å². The van der Waals surface area contributed by atoms with Crippen LogP contribution < -0.4 is 19.5 Å². The molecule has 2 aromatic carbocycles. The van der Waals surface area contributed by atoms with Crippen LogP contribution in [0.5, 0.6) is 17.2 Å². The van der Waals surface area contributed by atoms with Crippen molar-refractivity contribution in [3.8, 4) is 17.2 Å². The van der Waals surface area contributed by atoms with E-state index in [4.69, 9.17) is 25.8 Å². The lowest BCUT2D eigenvalue weighted by atomic mass is 10.2. The molecule has 0 spiro atoms. The number of ether oxygens (including phenoxy) is 3. The van der Waals surface area contributed by atoms with Gasteiger partial charge in [0.15, 0.2) is 11.5 Å². The topological polar surface area (TPSA) is 56.8 Å². The molecule has 2 aromatic rings. The molecule has 5 nitrogen and oxygen atoms in total. The first-order chi connectivity index (χ1) is 12.0. The van der Waals surface area contributed by atoms with E-state index in [9.17, 15) is 4.79 Å². The maximum Gasteiger partial charge on any atom is 0.223 e. The molecule has 0 fully saturated rings. The number of hydrogen-bond donors (Lipinski definition) is 1. The Morgan fingerprint density at radius 3 is 2.60 bits per heavy atom. The molecule has 0 aliphatic carbocycles. The molecule has 134 valence electrons. The third-order valence-electron chi connectivity index (χ3n) is 3.41. The van der Waals surface area contributed by atoms with Gasteiger partial charge in [-0.05, 0) is 45.8 Å². The quantitative estimate of drug-likeness (QED) is 0.684. The highest BCUT2D eigenvalue weighted by Gasteiger charge is 2.11. The van der Waals surface area contributed by atoms with Crippen LogP contribution in [0.4, 0.5) is 0 Å². The van der Waals surface area contributed by atoms with E-state index in [0.29, 0.717) is 28.8 Å². The average Bonchev–Trinajstić information content (AvgIpc) is 2.61. The number of amides is 1. The first-order valence-electron chi connectivity index (χ1n) is 7.59. The summed E-state index contributed by atoms with van der Waals surface area (Å²) in [7, 11) is 3.14. The minimum atomic E-state index is -0.113. The zero-order valence-electron chi connectivity index (χ0n) is 14.0. The third-order valence-corrected chi connectivity index (χ3v) is 4.31. The minimum Gasteiger partial charge on any atom is -0.493 e. The SMILES string of the molecule is COc1cc(CNC(=O)CCOc2ccccc2Cl)cc(Br)c1OC. The number of halogens is 2. The van der Waals surface area contributed by atoms with Crippen molar-refractivity contribution >= 4 is 33.4 Å². The van der Waals surface area contributed by atoms with Crippen LogP contribution in [-0.2, 0) is 11.3 Å².